The first-order chi connectivity index (χ1) is 12.2. The highest BCUT2D eigenvalue weighted by Crippen LogP contribution is 2.17. The Hall–Kier alpha value is -2.83. The lowest BCUT2D eigenvalue weighted by Crippen LogP contribution is -2.48. The number of furan rings is 1. The zero-order valence-corrected chi connectivity index (χ0v) is 14.3. The fraction of sp³-hybridized carbons (Fsp3) is 0.389. The van der Waals surface area contributed by atoms with Crippen molar-refractivity contribution in [3.05, 3.63) is 48.2 Å². The van der Waals surface area contributed by atoms with Crippen LogP contribution in [0.1, 0.15) is 34.4 Å². The average molecular weight is 342 g/mol. The Bertz CT molecular complexity index is 704. The van der Waals surface area contributed by atoms with Crippen LogP contribution in [0.4, 0.5) is 5.69 Å². The van der Waals surface area contributed by atoms with Crippen molar-refractivity contribution < 1.29 is 14.0 Å². The molecule has 7 heteroatoms. The quantitative estimate of drug-likeness (QED) is 0.896. The van der Waals surface area contributed by atoms with Gasteiger partial charge in [-0.1, -0.05) is 6.92 Å². The van der Waals surface area contributed by atoms with E-state index < -0.39 is 0 Å². The normalized spacial score (nSPS) is 14.4. The predicted molar refractivity (Wildman–Crippen MR) is 93.7 cm³/mol. The SMILES string of the molecule is CCCNC(=O)c1ccc(N2CCN(C(=O)c3ccco3)CC2)cn1. The molecule has 2 amide bonds. The lowest BCUT2D eigenvalue weighted by molar-refractivity contribution is 0.0714. The number of carbonyl (C=O) groups excluding carboxylic acids is 2. The van der Waals surface area contributed by atoms with Crippen molar-refractivity contribution in [3.8, 4) is 0 Å². The van der Waals surface area contributed by atoms with Gasteiger partial charge in [0.25, 0.3) is 11.8 Å². The van der Waals surface area contributed by atoms with Gasteiger partial charge in [0, 0.05) is 32.7 Å². The Kier molecular flexibility index (Phi) is 5.33. The van der Waals surface area contributed by atoms with Crippen LogP contribution < -0.4 is 10.2 Å². The summed E-state index contributed by atoms with van der Waals surface area (Å²) in [4.78, 5) is 32.3. The molecule has 7 nitrogen and oxygen atoms in total. The van der Waals surface area contributed by atoms with E-state index in [-0.39, 0.29) is 11.8 Å². The van der Waals surface area contributed by atoms with Crippen LogP contribution in [0.25, 0.3) is 0 Å². The predicted octanol–water partition coefficient (Wildman–Crippen LogP) is 1.78. The molecule has 25 heavy (non-hydrogen) atoms. The van der Waals surface area contributed by atoms with E-state index in [0.717, 1.165) is 25.2 Å². The van der Waals surface area contributed by atoms with Crippen LogP contribution in [-0.4, -0.2) is 54.4 Å². The Balaban J connectivity index is 1.56. The topological polar surface area (TPSA) is 78.7 Å². The number of hydrogen-bond acceptors (Lipinski definition) is 5. The number of hydrogen-bond donors (Lipinski definition) is 1. The van der Waals surface area contributed by atoms with Gasteiger partial charge in [-0.05, 0) is 30.7 Å². The van der Waals surface area contributed by atoms with Crippen molar-refractivity contribution in [2.24, 2.45) is 0 Å². The van der Waals surface area contributed by atoms with Gasteiger partial charge in [0.2, 0.25) is 0 Å². The molecule has 1 saturated heterocycles. The standard InChI is InChI=1S/C18H22N4O3/c1-2-7-19-17(23)15-6-5-14(13-20-15)21-8-10-22(11-9-21)18(24)16-4-3-12-25-16/h3-6,12-13H,2,7-11H2,1H3,(H,19,23). The Morgan fingerprint density at radius 2 is 2.00 bits per heavy atom. The van der Waals surface area contributed by atoms with Crippen molar-refractivity contribution >= 4 is 17.5 Å². The molecule has 1 aliphatic heterocycles. The molecule has 1 N–H and O–H groups in total. The number of carbonyl (C=O) groups is 2. The maximum absolute atomic E-state index is 12.3. The van der Waals surface area contributed by atoms with Crippen LogP contribution >= 0.6 is 0 Å². The van der Waals surface area contributed by atoms with E-state index in [1.165, 1.54) is 6.26 Å². The van der Waals surface area contributed by atoms with Gasteiger partial charge >= 0.3 is 0 Å². The summed E-state index contributed by atoms with van der Waals surface area (Å²) in [7, 11) is 0. The average Bonchev–Trinajstić information content (AvgIpc) is 3.20. The third kappa shape index (κ3) is 3.99. The molecule has 3 rings (SSSR count). The summed E-state index contributed by atoms with van der Waals surface area (Å²) >= 11 is 0. The van der Waals surface area contributed by atoms with Crippen LogP contribution in [0.5, 0.6) is 0 Å². The minimum Gasteiger partial charge on any atom is -0.459 e. The number of amides is 2. The molecule has 132 valence electrons. The van der Waals surface area contributed by atoms with Crippen LogP contribution in [0, 0.1) is 0 Å². The van der Waals surface area contributed by atoms with E-state index in [1.54, 1.807) is 29.3 Å². The zero-order valence-electron chi connectivity index (χ0n) is 14.3. The number of piperazine rings is 1. The minimum atomic E-state index is -0.151. The van der Waals surface area contributed by atoms with Crippen LogP contribution in [0.3, 0.4) is 0 Å². The molecule has 0 spiro atoms. The lowest BCUT2D eigenvalue weighted by atomic mass is 10.2. The van der Waals surface area contributed by atoms with Crippen molar-refractivity contribution in [1.29, 1.82) is 0 Å². The maximum atomic E-state index is 12.3. The highest BCUT2D eigenvalue weighted by atomic mass is 16.3. The summed E-state index contributed by atoms with van der Waals surface area (Å²) in [5, 5.41) is 2.81. The number of nitrogens with zero attached hydrogens (tertiary/aromatic N) is 3. The van der Waals surface area contributed by atoms with Gasteiger partial charge in [0.15, 0.2) is 5.76 Å². The van der Waals surface area contributed by atoms with Gasteiger partial charge in [0.1, 0.15) is 5.69 Å². The Morgan fingerprint density at radius 1 is 1.20 bits per heavy atom. The zero-order chi connectivity index (χ0) is 17.6. The fourth-order valence-electron chi connectivity index (χ4n) is 2.76. The van der Waals surface area contributed by atoms with E-state index in [1.807, 2.05) is 13.0 Å². The van der Waals surface area contributed by atoms with E-state index in [2.05, 4.69) is 15.2 Å². The van der Waals surface area contributed by atoms with Gasteiger partial charge in [-0.2, -0.15) is 0 Å². The third-order valence-corrected chi connectivity index (χ3v) is 4.18. The molecule has 0 bridgehead atoms. The molecule has 0 radical (unpaired) electrons. The van der Waals surface area contributed by atoms with E-state index >= 15 is 0 Å². The van der Waals surface area contributed by atoms with Gasteiger partial charge in [0.05, 0.1) is 18.1 Å². The van der Waals surface area contributed by atoms with Crippen LogP contribution in [-0.2, 0) is 0 Å². The summed E-state index contributed by atoms with van der Waals surface area (Å²) in [6, 6.07) is 7.03. The number of rotatable bonds is 5. The maximum Gasteiger partial charge on any atom is 0.289 e. The molecular formula is C18H22N4O3. The van der Waals surface area contributed by atoms with Crippen molar-refractivity contribution in [3.63, 3.8) is 0 Å². The van der Waals surface area contributed by atoms with Crippen LogP contribution in [0.15, 0.2) is 41.1 Å². The highest BCUT2D eigenvalue weighted by molar-refractivity contribution is 5.92. The molecular weight excluding hydrogens is 320 g/mol. The second-order valence-corrected chi connectivity index (χ2v) is 5.91. The fourth-order valence-corrected chi connectivity index (χ4v) is 2.76. The lowest BCUT2D eigenvalue weighted by Gasteiger charge is -2.35. The van der Waals surface area contributed by atoms with E-state index in [0.29, 0.717) is 31.1 Å². The van der Waals surface area contributed by atoms with Crippen LogP contribution in [0.2, 0.25) is 0 Å². The number of aromatic nitrogens is 1. The number of pyridine rings is 1. The Labute approximate surface area is 146 Å². The summed E-state index contributed by atoms with van der Waals surface area (Å²) in [6.45, 7) is 5.34. The third-order valence-electron chi connectivity index (χ3n) is 4.18. The molecule has 2 aromatic heterocycles. The molecule has 1 aliphatic rings. The molecule has 0 aliphatic carbocycles. The first-order valence-electron chi connectivity index (χ1n) is 8.51. The summed E-state index contributed by atoms with van der Waals surface area (Å²) in [6.07, 6.45) is 4.11. The Morgan fingerprint density at radius 3 is 2.60 bits per heavy atom. The van der Waals surface area contributed by atoms with E-state index in [9.17, 15) is 9.59 Å². The van der Waals surface area contributed by atoms with Gasteiger partial charge in [-0.15, -0.1) is 0 Å². The molecule has 0 unspecified atom stereocenters. The smallest absolute Gasteiger partial charge is 0.289 e. The first-order valence-corrected chi connectivity index (χ1v) is 8.51. The number of anilines is 1. The monoisotopic (exact) mass is 342 g/mol. The van der Waals surface area contributed by atoms with Gasteiger partial charge < -0.3 is 19.5 Å². The van der Waals surface area contributed by atoms with E-state index in [4.69, 9.17) is 4.42 Å². The van der Waals surface area contributed by atoms with Crippen molar-refractivity contribution in [2.45, 2.75) is 13.3 Å². The van der Waals surface area contributed by atoms with Gasteiger partial charge in [-0.25, -0.2) is 4.98 Å². The molecule has 3 heterocycles. The summed E-state index contributed by atoms with van der Waals surface area (Å²) in [5.74, 6) is 0.144. The second-order valence-electron chi connectivity index (χ2n) is 5.91. The minimum absolute atomic E-state index is 0.0780. The molecule has 0 saturated carbocycles. The number of nitrogens with one attached hydrogen (secondary N) is 1. The van der Waals surface area contributed by atoms with Crippen molar-refractivity contribution in [2.75, 3.05) is 37.6 Å². The second kappa shape index (κ2) is 7.83. The molecule has 0 aromatic carbocycles. The highest BCUT2D eigenvalue weighted by Gasteiger charge is 2.24. The van der Waals surface area contributed by atoms with Crippen molar-refractivity contribution in [1.82, 2.24) is 15.2 Å². The molecule has 0 atom stereocenters. The van der Waals surface area contributed by atoms with Gasteiger partial charge in [-0.3, -0.25) is 9.59 Å². The molecule has 1 fully saturated rings. The molecule has 2 aromatic rings. The summed E-state index contributed by atoms with van der Waals surface area (Å²) in [5.41, 5.74) is 1.38. The first kappa shape index (κ1) is 17.0. The summed E-state index contributed by atoms with van der Waals surface area (Å²) < 4.78 is 5.17. The largest absolute Gasteiger partial charge is 0.459 e.